The van der Waals surface area contributed by atoms with Gasteiger partial charge in [-0.2, -0.15) is 0 Å². The minimum absolute atomic E-state index is 0.0465. The molecule has 0 saturated heterocycles. The van der Waals surface area contributed by atoms with Gasteiger partial charge >= 0.3 is 0 Å². The van der Waals surface area contributed by atoms with Crippen molar-refractivity contribution in [3.8, 4) is 0 Å². The van der Waals surface area contributed by atoms with Gasteiger partial charge in [-0.1, -0.05) is 171 Å². The Morgan fingerprint density at radius 2 is 0.600 bits per heavy atom. The third-order valence-corrected chi connectivity index (χ3v) is 11.4. The quantitative estimate of drug-likeness (QED) is 0.235. The lowest BCUT2D eigenvalue weighted by atomic mass is 9.41. The largest absolute Gasteiger partial charge is 0.0622 e. The van der Waals surface area contributed by atoms with Crippen LogP contribution in [0.15, 0.2) is 144 Å². The van der Waals surface area contributed by atoms with E-state index in [2.05, 4.69) is 149 Å². The van der Waals surface area contributed by atoms with Crippen LogP contribution in [0, 0.1) is 10.8 Å². The first kappa shape index (κ1) is 25.3. The molecule has 4 aromatic rings. The number of allylic oxidation sites excluding steroid dienone is 4. The van der Waals surface area contributed by atoms with Crippen molar-refractivity contribution in [2.45, 2.75) is 64.2 Å². The van der Waals surface area contributed by atoms with E-state index in [1.807, 2.05) is 0 Å². The van der Waals surface area contributed by atoms with Crippen LogP contribution in [0.1, 0.15) is 75.6 Å². The molecule has 3 aliphatic rings. The molecule has 0 bridgehead atoms. The molecule has 0 aliphatic heterocycles. The van der Waals surface area contributed by atoms with Crippen molar-refractivity contribution in [2.75, 3.05) is 0 Å². The van der Waals surface area contributed by atoms with Crippen molar-refractivity contribution >= 4 is 0 Å². The Morgan fingerprint density at radius 3 is 0.850 bits per heavy atom. The first-order valence-electron chi connectivity index (χ1n) is 15.0. The Labute approximate surface area is 240 Å². The highest BCUT2D eigenvalue weighted by Crippen LogP contribution is 2.70. The molecule has 200 valence electrons. The second-order valence-electron chi connectivity index (χ2n) is 13.3. The second kappa shape index (κ2) is 8.93. The molecule has 0 heteroatoms. The SMILES string of the molecule is CC1(C)C2=C(CCC3=C(CC3(c3ccccc3)c3ccccc3)C1(C)C)C(c1ccccc1)(c1ccccc1)C2. The standard InChI is InChI=1S/C40H40/c1-37(2)35-27-39(29-17-9-5-10-18-29,30-19-11-6-12-20-30)33(35)25-26-34-36(38(37,3)4)28-40(34,31-21-13-7-14-22-31)32-23-15-8-16-24-32/h5-24H,25-28H2,1-4H3. The normalized spacial score (nSPS) is 21.7. The maximum absolute atomic E-state index is 2.53. The summed E-state index contributed by atoms with van der Waals surface area (Å²) in [5, 5.41) is 0. The number of rotatable bonds is 4. The van der Waals surface area contributed by atoms with E-state index in [0.29, 0.717) is 0 Å². The van der Waals surface area contributed by atoms with Crippen LogP contribution in [-0.2, 0) is 10.8 Å². The van der Waals surface area contributed by atoms with Crippen molar-refractivity contribution in [2.24, 2.45) is 10.8 Å². The van der Waals surface area contributed by atoms with Crippen LogP contribution in [0.3, 0.4) is 0 Å². The van der Waals surface area contributed by atoms with Gasteiger partial charge in [-0.25, -0.2) is 0 Å². The molecule has 0 unspecified atom stereocenters. The van der Waals surface area contributed by atoms with Crippen molar-refractivity contribution in [1.29, 1.82) is 0 Å². The predicted molar refractivity (Wildman–Crippen MR) is 167 cm³/mol. The molecule has 40 heavy (non-hydrogen) atoms. The Morgan fingerprint density at radius 1 is 0.350 bits per heavy atom. The first-order chi connectivity index (χ1) is 19.3. The summed E-state index contributed by atoms with van der Waals surface area (Å²) < 4.78 is 0. The van der Waals surface area contributed by atoms with Gasteiger partial charge in [0.2, 0.25) is 0 Å². The average Bonchev–Trinajstić information content (AvgIpc) is 2.96. The van der Waals surface area contributed by atoms with Crippen molar-refractivity contribution in [3.63, 3.8) is 0 Å². The lowest BCUT2D eigenvalue weighted by Crippen LogP contribution is -2.53. The maximum atomic E-state index is 2.53. The molecule has 7 rings (SSSR count). The van der Waals surface area contributed by atoms with E-state index in [4.69, 9.17) is 0 Å². The van der Waals surface area contributed by atoms with Crippen LogP contribution in [0.4, 0.5) is 0 Å². The first-order valence-corrected chi connectivity index (χ1v) is 15.0. The zero-order chi connectivity index (χ0) is 27.6. The summed E-state index contributed by atoms with van der Waals surface area (Å²) in [4.78, 5) is 0. The summed E-state index contributed by atoms with van der Waals surface area (Å²) in [5.74, 6) is 0. The zero-order valence-corrected chi connectivity index (χ0v) is 24.4. The maximum Gasteiger partial charge on any atom is 0.0451 e. The van der Waals surface area contributed by atoms with Gasteiger partial charge in [0.1, 0.15) is 0 Å². The van der Waals surface area contributed by atoms with Crippen LogP contribution in [0.25, 0.3) is 0 Å². The minimum atomic E-state index is -0.0465. The summed E-state index contributed by atoms with van der Waals surface area (Å²) >= 11 is 0. The summed E-state index contributed by atoms with van der Waals surface area (Å²) in [6.07, 6.45) is 4.44. The van der Waals surface area contributed by atoms with Crippen LogP contribution in [-0.4, -0.2) is 0 Å². The highest BCUT2D eigenvalue weighted by molar-refractivity contribution is 5.64. The lowest BCUT2D eigenvalue weighted by molar-refractivity contribution is 0.143. The average molecular weight is 521 g/mol. The molecular weight excluding hydrogens is 480 g/mol. The Kier molecular flexibility index (Phi) is 5.66. The zero-order valence-electron chi connectivity index (χ0n) is 24.4. The van der Waals surface area contributed by atoms with E-state index in [1.165, 1.54) is 22.3 Å². The Balaban J connectivity index is 1.43. The second-order valence-corrected chi connectivity index (χ2v) is 13.3. The molecule has 3 aliphatic carbocycles. The molecule has 0 N–H and O–H groups in total. The molecule has 0 heterocycles. The topological polar surface area (TPSA) is 0 Å². The Bertz CT molecular complexity index is 1390. The van der Waals surface area contributed by atoms with Crippen LogP contribution >= 0.6 is 0 Å². The number of hydrogen-bond donors (Lipinski definition) is 0. The molecule has 4 aromatic carbocycles. The van der Waals surface area contributed by atoms with Crippen molar-refractivity contribution in [1.82, 2.24) is 0 Å². The summed E-state index contributed by atoms with van der Waals surface area (Å²) in [7, 11) is 0. The van der Waals surface area contributed by atoms with E-state index < -0.39 is 0 Å². The van der Waals surface area contributed by atoms with E-state index >= 15 is 0 Å². The fourth-order valence-corrected chi connectivity index (χ4v) is 8.52. The molecule has 0 spiro atoms. The van der Waals surface area contributed by atoms with Gasteiger partial charge in [0.05, 0.1) is 0 Å². The highest BCUT2D eigenvalue weighted by atomic mass is 14.6. The minimum Gasteiger partial charge on any atom is -0.0622 e. The third kappa shape index (κ3) is 3.26. The molecule has 0 aromatic heterocycles. The molecule has 0 fully saturated rings. The van der Waals surface area contributed by atoms with Gasteiger partial charge < -0.3 is 0 Å². The van der Waals surface area contributed by atoms with Gasteiger partial charge in [-0.3, -0.25) is 0 Å². The van der Waals surface area contributed by atoms with Gasteiger partial charge in [0.25, 0.3) is 0 Å². The molecule has 0 amide bonds. The molecule has 0 nitrogen and oxygen atoms in total. The van der Waals surface area contributed by atoms with Crippen LogP contribution < -0.4 is 0 Å². The monoisotopic (exact) mass is 520 g/mol. The molecule has 0 radical (unpaired) electrons. The summed E-state index contributed by atoms with van der Waals surface area (Å²) in [6, 6.07) is 45.3. The molecule has 0 saturated carbocycles. The fourth-order valence-electron chi connectivity index (χ4n) is 8.52. The van der Waals surface area contributed by atoms with Gasteiger partial charge in [0, 0.05) is 10.8 Å². The van der Waals surface area contributed by atoms with Crippen molar-refractivity contribution in [3.05, 3.63) is 166 Å². The van der Waals surface area contributed by atoms with E-state index in [1.54, 1.807) is 22.3 Å². The lowest BCUT2D eigenvalue weighted by Gasteiger charge is -2.62. The van der Waals surface area contributed by atoms with Gasteiger partial charge in [0.15, 0.2) is 0 Å². The smallest absolute Gasteiger partial charge is 0.0451 e. The predicted octanol–water partition coefficient (Wildman–Crippen LogP) is 10.2. The van der Waals surface area contributed by atoms with Crippen LogP contribution in [0.2, 0.25) is 0 Å². The van der Waals surface area contributed by atoms with E-state index in [-0.39, 0.29) is 21.7 Å². The third-order valence-electron chi connectivity index (χ3n) is 11.4. The van der Waals surface area contributed by atoms with Crippen LogP contribution in [0.5, 0.6) is 0 Å². The van der Waals surface area contributed by atoms with Gasteiger partial charge in [-0.15, -0.1) is 0 Å². The van der Waals surface area contributed by atoms with Gasteiger partial charge in [-0.05, 0) is 58.8 Å². The summed E-state index contributed by atoms with van der Waals surface area (Å²) in [6.45, 7) is 10.1. The fraction of sp³-hybridized carbons (Fsp3) is 0.300. The molecule has 0 atom stereocenters. The van der Waals surface area contributed by atoms with E-state index in [9.17, 15) is 0 Å². The number of benzene rings is 4. The van der Waals surface area contributed by atoms with E-state index in [0.717, 1.165) is 25.7 Å². The Hall–Kier alpha value is -3.64. The number of hydrogen-bond acceptors (Lipinski definition) is 0. The summed E-state index contributed by atoms with van der Waals surface area (Å²) in [5.41, 5.74) is 12.5. The molecular formula is C40H40. The van der Waals surface area contributed by atoms with Crippen molar-refractivity contribution < 1.29 is 0 Å². The highest BCUT2D eigenvalue weighted by Gasteiger charge is 2.60.